The van der Waals surface area contributed by atoms with Gasteiger partial charge in [0.05, 0.1) is 25.5 Å². The molecule has 0 unspecified atom stereocenters. The summed E-state index contributed by atoms with van der Waals surface area (Å²) in [5.74, 6) is -1.04. The van der Waals surface area contributed by atoms with Crippen LogP contribution in [0, 0.1) is 22.7 Å². The highest BCUT2D eigenvalue weighted by Crippen LogP contribution is 2.57. The zero-order valence-corrected chi connectivity index (χ0v) is 35.8. The second-order valence-electron chi connectivity index (χ2n) is 19.2. The van der Waals surface area contributed by atoms with Crippen molar-refractivity contribution in [2.75, 3.05) is 27.4 Å². The van der Waals surface area contributed by atoms with Crippen LogP contribution in [0.5, 0.6) is 5.75 Å². The van der Waals surface area contributed by atoms with Crippen LogP contribution in [-0.2, 0) is 45.9 Å². The molecule has 2 aromatic rings. The molecule has 2 aromatic carbocycles. The molecule has 3 aliphatic carbocycles. The molecule has 14 heteroatoms. The molecular formula is C44H60N4O9S. The smallest absolute Gasteiger partial charge is 0.407 e. The van der Waals surface area contributed by atoms with Crippen LogP contribution in [0.3, 0.4) is 0 Å². The summed E-state index contributed by atoms with van der Waals surface area (Å²) in [5.41, 5.74) is 0.290. The van der Waals surface area contributed by atoms with Crippen LogP contribution in [0.15, 0.2) is 42.5 Å². The first-order chi connectivity index (χ1) is 27.3. The average Bonchev–Trinajstić information content (AvgIpc) is 4.05. The Kier molecular flexibility index (Phi) is 11.2. The summed E-state index contributed by atoms with van der Waals surface area (Å²) in [6.07, 6.45) is 5.86. The molecule has 0 radical (unpaired) electrons. The van der Waals surface area contributed by atoms with Crippen LogP contribution < -0.4 is 20.1 Å². The standard InChI is InChI=1S/C44H60N4O9S/c1-41(2,3)36-38(50)48-25-43(56-7,24-35(48)37(49)46-44(23-34(44)28-11-12-28)39(51)47-58(53,54)32-18-19-32)30-15-13-27(14-16-30)33-20-17-31(55-6)22-29(33)10-8-9-21-42(4,5)26-57-40(52)45-36/h13-17,20,22,28,32,34-36H,8-12,18-19,21,23-26H2,1-7H3,(H,45,52)(H,46,49)(H,47,51)/t34-,35+,36-,43+,44-/m1/s1. The molecule has 6 aliphatic rings. The zero-order chi connectivity index (χ0) is 41.8. The molecule has 3 aliphatic heterocycles. The molecule has 3 heterocycles. The van der Waals surface area contributed by atoms with Gasteiger partial charge in [-0.15, -0.1) is 0 Å². The number of alkyl carbamates (subject to hydrolysis) is 1. The van der Waals surface area contributed by atoms with E-state index in [1.54, 1.807) is 14.2 Å². The van der Waals surface area contributed by atoms with Crippen LogP contribution in [0.1, 0.15) is 104 Å². The predicted octanol–water partition coefficient (Wildman–Crippen LogP) is 5.59. The Morgan fingerprint density at radius 1 is 0.966 bits per heavy atom. The maximum Gasteiger partial charge on any atom is 0.407 e. The van der Waals surface area contributed by atoms with Crippen molar-refractivity contribution in [3.63, 3.8) is 0 Å². The summed E-state index contributed by atoms with van der Waals surface area (Å²) >= 11 is 0. The molecule has 5 atom stereocenters. The van der Waals surface area contributed by atoms with Gasteiger partial charge in [0, 0.05) is 13.5 Å². The van der Waals surface area contributed by atoms with E-state index in [9.17, 15) is 27.6 Å². The lowest BCUT2D eigenvalue weighted by Gasteiger charge is -2.36. The molecule has 4 bridgehead atoms. The Balaban J connectivity index is 1.26. The van der Waals surface area contributed by atoms with Crippen LogP contribution >= 0.6 is 0 Å². The second-order valence-corrected chi connectivity index (χ2v) is 21.1. The fourth-order valence-electron chi connectivity index (χ4n) is 8.98. The number of amides is 4. The summed E-state index contributed by atoms with van der Waals surface area (Å²) < 4.78 is 45.8. The summed E-state index contributed by atoms with van der Waals surface area (Å²) in [4.78, 5) is 58.5. The number of carbonyl (C=O) groups is 4. The Hall–Kier alpha value is -4.17. The van der Waals surface area contributed by atoms with Gasteiger partial charge in [0.15, 0.2) is 0 Å². The number of sulfonamides is 1. The van der Waals surface area contributed by atoms with Gasteiger partial charge < -0.3 is 29.7 Å². The Morgan fingerprint density at radius 2 is 1.67 bits per heavy atom. The fourth-order valence-corrected chi connectivity index (χ4v) is 10.3. The molecular weight excluding hydrogens is 761 g/mol. The molecule has 3 saturated carbocycles. The van der Waals surface area contributed by atoms with E-state index in [0.29, 0.717) is 19.3 Å². The van der Waals surface area contributed by atoms with Crippen molar-refractivity contribution in [1.82, 2.24) is 20.3 Å². The number of nitrogens with zero attached hydrogens (tertiary/aromatic N) is 1. The first-order valence-corrected chi connectivity index (χ1v) is 22.3. The first-order valence-electron chi connectivity index (χ1n) is 20.8. The third-order valence-corrected chi connectivity index (χ3v) is 14.8. The Bertz CT molecular complexity index is 2040. The number of carbonyl (C=O) groups excluding carboxylic acids is 4. The van der Waals surface area contributed by atoms with Gasteiger partial charge in [0.25, 0.3) is 5.91 Å². The third-order valence-electron chi connectivity index (χ3n) is 13.0. The van der Waals surface area contributed by atoms with E-state index in [1.807, 2.05) is 51.1 Å². The van der Waals surface area contributed by atoms with Crippen LogP contribution in [0.2, 0.25) is 0 Å². The molecule has 1 saturated heterocycles. The number of rotatable bonds is 8. The Labute approximate surface area is 342 Å². The fraction of sp³-hybridized carbons (Fsp3) is 0.636. The van der Waals surface area contributed by atoms with Gasteiger partial charge >= 0.3 is 6.09 Å². The van der Waals surface area contributed by atoms with Gasteiger partial charge in [-0.25, -0.2) is 13.2 Å². The highest BCUT2D eigenvalue weighted by atomic mass is 32.2. The minimum atomic E-state index is -3.87. The number of benzene rings is 2. The van der Waals surface area contributed by atoms with Crippen LogP contribution in [0.4, 0.5) is 4.79 Å². The van der Waals surface area contributed by atoms with E-state index in [-0.39, 0.29) is 36.8 Å². The van der Waals surface area contributed by atoms with E-state index in [2.05, 4.69) is 41.3 Å². The van der Waals surface area contributed by atoms with Crippen molar-refractivity contribution < 1.29 is 41.8 Å². The molecule has 58 heavy (non-hydrogen) atoms. The van der Waals surface area contributed by atoms with E-state index in [4.69, 9.17) is 14.2 Å². The lowest BCUT2D eigenvalue weighted by Crippen LogP contribution is -2.60. The van der Waals surface area contributed by atoms with E-state index in [0.717, 1.165) is 66.5 Å². The van der Waals surface area contributed by atoms with Crippen LogP contribution in [0.25, 0.3) is 11.1 Å². The van der Waals surface area contributed by atoms with Gasteiger partial charge in [0.2, 0.25) is 21.8 Å². The molecule has 316 valence electrons. The van der Waals surface area contributed by atoms with Gasteiger partial charge in [-0.2, -0.15) is 0 Å². The van der Waals surface area contributed by atoms with Crippen molar-refractivity contribution in [2.24, 2.45) is 22.7 Å². The lowest BCUT2D eigenvalue weighted by molar-refractivity contribution is -0.143. The SMILES string of the molecule is COc1ccc2c(c1)CCCCC(C)(C)COC(=O)N[C@@H](C(C)(C)C)C(=O)N1C[C@@](OC)(C[C@H]1C(=O)N[C@]1(C(=O)NS(=O)(=O)C3CC3)C[C@@H]1C1CC1)c1ccc-2cc1. The molecule has 0 aromatic heterocycles. The zero-order valence-electron chi connectivity index (χ0n) is 34.9. The summed E-state index contributed by atoms with van der Waals surface area (Å²) in [6, 6.07) is 11.9. The number of ether oxygens (including phenoxy) is 3. The topological polar surface area (TPSA) is 169 Å². The van der Waals surface area contributed by atoms with E-state index >= 15 is 0 Å². The van der Waals surface area contributed by atoms with Crippen molar-refractivity contribution in [3.05, 3.63) is 53.6 Å². The van der Waals surface area contributed by atoms with E-state index < -0.39 is 67.7 Å². The maximum absolute atomic E-state index is 14.9. The quantitative estimate of drug-likeness (QED) is 0.307. The molecule has 3 N–H and O–H groups in total. The predicted molar refractivity (Wildman–Crippen MR) is 218 cm³/mol. The molecule has 4 amide bonds. The highest BCUT2D eigenvalue weighted by molar-refractivity contribution is 7.91. The number of fused-ring (bicyclic) bond motifs is 12. The summed E-state index contributed by atoms with van der Waals surface area (Å²) in [7, 11) is -0.665. The van der Waals surface area contributed by atoms with Crippen molar-refractivity contribution >= 4 is 33.8 Å². The van der Waals surface area contributed by atoms with Gasteiger partial charge in [-0.05, 0) is 108 Å². The second kappa shape index (κ2) is 15.5. The van der Waals surface area contributed by atoms with Gasteiger partial charge in [-0.1, -0.05) is 71.4 Å². The molecule has 13 nitrogen and oxygen atoms in total. The minimum Gasteiger partial charge on any atom is -0.497 e. The lowest BCUT2D eigenvalue weighted by atomic mass is 9.85. The van der Waals surface area contributed by atoms with E-state index in [1.165, 1.54) is 4.90 Å². The number of aryl methyl sites for hydroxylation is 1. The highest BCUT2D eigenvalue weighted by Gasteiger charge is 2.67. The molecule has 8 rings (SSSR count). The average molecular weight is 821 g/mol. The Morgan fingerprint density at radius 3 is 2.29 bits per heavy atom. The van der Waals surface area contributed by atoms with Crippen LogP contribution in [-0.4, -0.2) is 87.4 Å². The number of methoxy groups -OCH3 is 2. The van der Waals surface area contributed by atoms with Gasteiger partial charge in [-0.3, -0.25) is 19.1 Å². The van der Waals surface area contributed by atoms with Crippen molar-refractivity contribution in [2.45, 2.75) is 127 Å². The van der Waals surface area contributed by atoms with Crippen molar-refractivity contribution in [1.29, 1.82) is 0 Å². The first kappa shape index (κ1) is 42.0. The molecule has 4 fully saturated rings. The molecule has 0 spiro atoms. The normalized spacial score (nSPS) is 29.1. The largest absolute Gasteiger partial charge is 0.497 e. The summed E-state index contributed by atoms with van der Waals surface area (Å²) in [5, 5.41) is 5.22. The van der Waals surface area contributed by atoms with Gasteiger partial charge in [0.1, 0.15) is 29.0 Å². The van der Waals surface area contributed by atoms with Crippen molar-refractivity contribution in [3.8, 4) is 16.9 Å². The number of nitrogens with one attached hydrogen (secondary N) is 3. The minimum absolute atomic E-state index is 0.0226. The summed E-state index contributed by atoms with van der Waals surface area (Å²) in [6.45, 7) is 9.74. The number of hydrogen-bond acceptors (Lipinski definition) is 9. The maximum atomic E-state index is 14.9. The monoisotopic (exact) mass is 820 g/mol. The number of hydrogen-bond donors (Lipinski definition) is 3. The third kappa shape index (κ3) is 8.59.